The molecule has 0 spiro atoms. The number of fused-ring (bicyclic) bond motifs is 1. The molecule has 1 fully saturated rings. The van der Waals surface area contributed by atoms with Gasteiger partial charge in [-0.2, -0.15) is 0 Å². The fourth-order valence-corrected chi connectivity index (χ4v) is 4.52. The molecule has 2 aromatic heterocycles. The zero-order valence-electron chi connectivity index (χ0n) is 19.2. The highest BCUT2D eigenvalue weighted by atomic mass is 35.5. The zero-order chi connectivity index (χ0) is 24.6. The number of benzene rings is 1. The van der Waals surface area contributed by atoms with Crippen LogP contribution in [0.25, 0.3) is 5.52 Å². The van der Waals surface area contributed by atoms with Gasteiger partial charge in [0.1, 0.15) is 11.9 Å². The third kappa shape index (κ3) is 4.90. The van der Waals surface area contributed by atoms with Gasteiger partial charge >= 0.3 is 0 Å². The number of rotatable bonds is 4. The van der Waals surface area contributed by atoms with Gasteiger partial charge in [-0.15, -0.1) is 0 Å². The van der Waals surface area contributed by atoms with Crippen LogP contribution >= 0.6 is 11.6 Å². The van der Waals surface area contributed by atoms with E-state index >= 15 is 0 Å². The number of hydrogen-bond donors (Lipinski definition) is 2. The van der Waals surface area contributed by atoms with E-state index in [0.717, 1.165) is 0 Å². The van der Waals surface area contributed by atoms with Crippen LogP contribution in [0.3, 0.4) is 0 Å². The molecule has 180 valence electrons. The first-order valence-electron chi connectivity index (χ1n) is 11.0. The first kappa shape index (κ1) is 24.1. The molecule has 0 bridgehead atoms. The molecule has 3 heterocycles. The normalized spacial score (nSPS) is 19.8. The Morgan fingerprint density at radius 1 is 1.29 bits per heavy atom. The minimum absolute atomic E-state index is 0.164. The van der Waals surface area contributed by atoms with Gasteiger partial charge < -0.3 is 19.7 Å². The number of nitrogens with zero attached hydrogens (tertiary/aromatic N) is 4. The monoisotopic (exact) mass is 487 g/mol. The van der Waals surface area contributed by atoms with E-state index in [1.165, 1.54) is 18.3 Å². The van der Waals surface area contributed by atoms with Crippen molar-refractivity contribution in [1.82, 2.24) is 24.6 Å². The average Bonchev–Trinajstić information content (AvgIpc) is 3.25. The van der Waals surface area contributed by atoms with Crippen molar-refractivity contribution in [3.8, 4) is 0 Å². The number of likely N-dealkylation sites (tertiary alicyclic amines) is 1. The fourth-order valence-electron chi connectivity index (χ4n) is 4.29. The van der Waals surface area contributed by atoms with Crippen molar-refractivity contribution in [3.63, 3.8) is 0 Å². The Kier molecular flexibility index (Phi) is 6.60. The Bertz CT molecular complexity index is 1200. The van der Waals surface area contributed by atoms with Gasteiger partial charge in [0, 0.05) is 36.4 Å². The van der Waals surface area contributed by atoms with Gasteiger partial charge in [0.15, 0.2) is 5.69 Å². The molecule has 3 aromatic rings. The van der Waals surface area contributed by atoms with Gasteiger partial charge in [0.05, 0.1) is 24.1 Å². The Balaban J connectivity index is 1.63. The van der Waals surface area contributed by atoms with E-state index in [1.54, 1.807) is 54.9 Å². The fraction of sp³-hybridized carbons (Fsp3) is 0.417. The van der Waals surface area contributed by atoms with Crippen molar-refractivity contribution in [2.45, 2.75) is 45.3 Å². The number of piperidine rings is 1. The van der Waals surface area contributed by atoms with Crippen LogP contribution < -0.4 is 5.32 Å². The third-order valence-corrected chi connectivity index (χ3v) is 6.37. The maximum absolute atomic E-state index is 14.1. The molecule has 1 aliphatic rings. The van der Waals surface area contributed by atoms with Crippen molar-refractivity contribution in [3.05, 3.63) is 65.2 Å². The molecule has 1 saturated heterocycles. The van der Waals surface area contributed by atoms with Crippen LogP contribution in [0.5, 0.6) is 0 Å². The van der Waals surface area contributed by atoms with Gasteiger partial charge in [0.25, 0.3) is 5.91 Å². The summed E-state index contributed by atoms with van der Waals surface area (Å²) >= 11 is 6.09. The molecule has 2 N–H and O–H groups in total. The SMILES string of the molecule is CC(C)(C)[C@H](O)C(=O)N[C@@H]1CN(C(=O)c2nccn3cncc23)CC[C@H]1c1cc(F)cc(Cl)c1. The molecule has 3 atom stereocenters. The topological polar surface area (TPSA) is 99.8 Å². The Labute approximate surface area is 201 Å². The van der Waals surface area contributed by atoms with Gasteiger partial charge in [0.2, 0.25) is 5.91 Å². The number of aliphatic hydroxyl groups excluding tert-OH is 1. The molecule has 10 heteroatoms. The van der Waals surface area contributed by atoms with Crippen LogP contribution in [0.2, 0.25) is 5.02 Å². The molecule has 0 aliphatic carbocycles. The van der Waals surface area contributed by atoms with Crippen LogP contribution in [0.1, 0.15) is 49.2 Å². The Hall–Kier alpha value is -3.04. The van der Waals surface area contributed by atoms with Crippen LogP contribution in [-0.2, 0) is 4.79 Å². The molecule has 1 aromatic carbocycles. The van der Waals surface area contributed by atoms with E-state index in [0.29, 0.717) is 24.0 Å². The maximum Gasteiger partial charge on any atom is 0.274 e. The highest BCUT2D eigenvalue weighted by molar-refractivity contribution is 6.30. The molecule has 0 unspecified atom stereocenters. The van der Waals surface area contributed by atoms with E-state index in [4.69, 9.17) is 11.6 Å². The predicted octanol–water partition coefficient (Wildman–Crippen LogP) is 3.04. The summed E-state index contributed by atoms with van der Waals surface area (Å²) < 4.78 is 15.8. The van der Waals surface area contributed by atoms with Crippen molar-refractivity contribution in [1.29, 1.82) is 0 Å². The smallest absolute Gasteiger partial charge is 0.274 e. The van der Waals surface area contributed by atoms with E-state index in [9.17, 15) is 19.1 Å². The summed E-state index contributed by atoms with van der Waals surface area (Å²) in [5, 5.41) is 13.6. The minimum Gasteiger partial charge on any atom is -0.383 e. The van der Waals surface area contributed by atoms with Gasteiger partial charge in [-0.05, 0) is 35.6 Å². The van der Waals surface area contributed by atoms with Crippen molar-refractivity contribution < 1.29 is 19.1 Å². The first-order valence-corrected chi connectivity index (χ1v) is 11.4. The number of aliphatic hydroxyl groups is 1. The van der Waals surface area contributed by atoms with E-state index in [2.05, 4.69) is 15.3 Å². The van der Waals surface area contributed by atoms with Gasteiger partial charge in [-0.25, -0.2) is 14.4 Å². The van der Waals surface area contributed by atoms with Gasteiger partial charge in [-0.3, -0.25) is 9.59 Å². The molecule has 1 aliphatic heterocycles. The van der Waals surface area contributed by atoms with E-state index in [-0.39, 0.29) is 29.1 Å². The summed E-state index contributed by atoms with van der Waals surface area (Å²) in [5.74, 6) is -1.61. The second-order valence-corrected chi connectivity index (χ2v) is 10.1. The number of nitrogens with one attached hydrogen (secondary N) is 1. The van der Waals surface area contributed by atoms with Crippen molar-refractivity contribution in [2.75, 3.05) is 13.1 Å². The summed E-state index contributed by atoms with van der Waals surface area (Å²) in [4.78, 5) is 36.2. The third-order valence-electron chi connectivity index (χ3n) is 6.15. The molecular weight excluding hydrogens is 461 g/mol. The standard InChI is InChI=1S/C24H27ClFN5O3/c1-24(2,3)21(32)22(33)29-18-12-30(6-4-17(18)14-8-15(25)10-16(26)9-14)23(34)20-19-11-27-13-31(19)7-5-28-20/h5,7-11,13,17-18,21,32H,4,6,12H2,1-3H3,(H,29,33)/t17-,18+,21+/m0/s1. The second kappa shape index (κ2) is 9.31. The first-order chi connectivity index (χ1) is 16.0. The summed E-state index contributed by atoms with van der Waals surface area (Å²) in [7, 11) is 0. The Morgan fingerprint density at radius 2 is 2.06 bits per heavy atom. The van der Waals surface area contributed by atoms with Crippen molar-refractivity contribution >= 4 is 28.9 Å². The number of hydrogen-bond acceptors (Lipinski definition) is 5. The predicted molar refractivity (Wildman–Crippen MR) is 125 cm³/mol. The van der Waals surface area contributed by atoms with Crippen LogP contribution in [0, 0.1) is 11.2 Å². The molecule has 2 amide bonds. The molecule has 0 saturated carbocycles. The highest BCUT2D eigenvalue weighted by Crippen LogP contribution is 2.32. The number of carbonyl (C=O) groups excluding carboxylic acids is 2. The van der Waals surface area contributed by atoms with Crippen molar-refractivity contribution in [2.24, 2.45) is 5.41 Å². The molecule has 4 rings (SSSR count). The van der Waals surface area contributed by atoms with E-state index in [1.807, 2.05) is 0 Å². The number of carbonyl (C=O) groups is 2. The summed E-state index contributed by atoms with van der Waals surface area (Å²) in [6.07, 6.45) is 5.60. The number of halogens is 2. The quantitative estimate of drug-likeness (QED) is 0.589. The summed E-state index contributed by atoms with van der Waals surface area (Å²) in [6, 6.07) is 3.71. The lowest BCUT2D eigenvalue weighted by Crippen LogP contribution is -2.56. The average molecular weight is 488 g/mol. The summed E-state index contributed by atoms with van der Waals surface area (Å²) in [5.41, 5.74) is 0.791. The highest BCUT2D eigenvalue weighted by Gasteiger charge is 2.37. The number of aromatic nitrogens is 3. The lowest BCUT2D eigenvalue weighted by atomic mass is 9.83. The molecule has 0 radical (unpaired) electrons. The number of imidazole rings is 1. The van der Waals surface area contributed by atoms with Crippen LogP contribution in [0.4, 0.5) is 4.39 Å². The lowest BCUT2D eigenvalue weighted by Gasteiger charge is -2.40. The van der Waals surface area contributed by atoms with Gasteiger partial charge in [-0.1, -0.05) is 32.4 Å². The van der Waals surface area contributed by atoms with Crippen LogP contribution in [0.15, 0.2) is 43.1 Å². The minimum atomic E-state index is -1.25. The second-order valence-electron chi connectivity index (χ2n) is 9.69. The molecule has 34 heavy (non-hydrogen) atoms. The zero-order valence-corrected chi connectivity index (χ0v) is 20.0. The summed E-state index contributed by atoms with van der Waals surface area (Å²) in [6.45, 7) is 5.82. The lowest BCUT2D eigenvalue weighted by molar-refractivity contribution is -0.135. The molecule has 8 nitrogen and oxygen atoms in total. The largest absolute Gasteiger partial charge is 0.383 e. The number of amides is 2. The van der Waals surface area contributed by atoms with Crippen LogP contribution in [-0.4, -0.2) is 61.4 Å². The maximum atomic E-state index is 14.1. The molecular formula is C24H27ClFN5O3. The Morgan fingerprint density at radius 3 is 2.76 bits per heavy atom. The van der Waals surface area contributed by atoms with E-state index < -0.39 is 29.3 Å².